The molecule has 0 fully saturated rings. The summed E-state index contributed by atoms with van der Waals surface area (Å²) in [5, 5.41) is 1.56. The predicted octanol–water partition coefficient (Wildman–Crippen LogP) is 3.07. The standard InChI is InChI=1S/C13H9ClN4S/c14-7-2-1-3-9-10(7)18-13(19-9)12-11-8(4-5-15-12)16-6-17-11/h1-3,6H,4-5H2,(H,16,17). The molecule has 4 rings (SSSR count). The number of imidazole rings is 1. The lowest BCUT2D eigenvalue weighted by atomic mass is 10.1. The average Bonchev–Trinajstić information content (AvgIpc) is 3.05. The van der Waals surface area contributed by atoms with Crippen LogP contribution in [0.1, 0.15) is 16.4 Å². The summed E-state index contributed by atoms with van der Waals surface area (Å²) in [5.41, 5.74) is 3.77. The number of aliphatic imine (C=N–C) groups is 1. The monoisotopic (exact) mass is 288 g/mol. The Balaban J connectivity index is 1.92. The Hall–Kier alpha value is -1.72. The van der Waals surface area contributed by atoms with Crippen LogP contribution in [0.3, 0.4) is 0 Å². The van der Waals surface area contributed by atoms with E-state index in [1.807, 2.05) is 18.2 Å². The van der Waals surface area contributed by atoms with Crippen molar-refractivity contribution in [3.8, 4) is 0 Å². The van der Waals surface area contributed by atoms with Crippen molar-refractivity contribution in [3.63, 3.8) is 0 Å². The molecule has 0 saturated heterocycles. The molecule has 3 heterocycles. The van der Waals surface area contributed by atoms with E-state index in [1.54, 1.807) is 17.7 Å². The second-order valence-electron chi connectivity index (χ2n) is 4.32. The molecule has 1 N–H and O–H groups in total. The van der Waals surface area contributed by atoms with Crippen molar-refractivity contribution < 1.29 is 0 Å². The maximum atomic E-state index is 6.17. The van der Waals surface area contributed by atoms with Gasteiger partial charge < -0.3 is 4.98 Å². The molecule has 2 aromatic heterocycles. The number of nitrogens with zero attached hydrogens (tertiary/aromatic N) is 3. The van der Waals surface area contributed by atoms with Gasteiger partial charge in [0.2, 0.25) is 0 Å². The Labute approximate surface area is 118 Å². The number of fused-ring (bicyclic) bond motifs is 2. The fraction of sp³-hybridized carbons (Fsp3) is 0.154. The van der Waals surface area contributed by atoms with Crippen molar-refractivity contribution >= 4 is 38.9 Å². The van der Waals surface area contributed by atoms with Crippen molar-refractivity contribution in [2.45, 2.75) is 6.42 Å². The van der Waals surface area contributed by atoms with E-state index >= 15 is 0 Å². The number of thiazole rings is 1. The van der Waals surface area contributed by atoms with Crippen LogP contribution in [0.4, 0.5) is 0 Å². The molecule has 4 nitrogen and oxygen atoms in total. The van der Waals surface area contributed by atoms with Crippen LogP contribution in [0.2, 0.25) is 5.02 Å². The number of benzene rings is 1. The van der Waals surface area contributed by atoms with E-state index in [4.69, 9.17) is 11.6 Å². The minimum Gasteiger partial charge on any atom is -0.348 e. The maximum Gasteiger partial charge on any atom is 0.145 e. The summed E-state index contributed by atoms with van der Waals surface area (Å²) in [6, 6.07) is 5.82. The van der Waals surface area contributed by atoms with Gasteiger partial charge in [-0.2, -0.15) is 0 Å². The van der Waals surface area contributed by atoms with Crippen LogP contribution in [-0.4, -0.2) is 27.2 Å². The van der Waals surface area contributed by atoms with Gasteiger partial charge in [-0.1, -0.05) is 17.7 Å². The van der Waals surface area contributed by atoms with Gasteiger partial charge in [0, 0.05) is 18.7 Å². The first-order chi connectivity index (χ1) is 9.33. The number of nitrogens with one attached hydrogen (secondary N) is 1. The summed E-state index contributed by atoms with van der Waals surface area (Å²) in [5.74, 6) is 0. The van der Waals surface area contributed by atoms with Crippen LogP contribution in [0.15, 0.2) is 29.5 Å². The van der Waals surface area contributed by atoms with Crippen LogP contribution in [0.5, 0.6) is 0 Å². The molecular formula is C13H9ClN4S. The van der Waals surface area contributed by atoms with E-state index in [2.05, 4.69) is 19.9 Å². The minimum atomic E-state index is 0.679. The molecule has 0 aliphatic carbocycles. The fourth-order valence-electron chi connectivity index (χ4n) is 2.26. The topological polar surface area (TPSA) is 53.9 Å². The van der Waals surface area contributed by atoms with Gasteiger partial charge >= 0.3 is 0 Å². The smallest absolute Gasteiger partial charge is 0.145 e. The fourth-order valence-corrected chi connectivity index (χ4v) is 3.53. The van der Waals surface area contributed by atoms with Crippen LogP contribution >= 0.6 is 22.9 Å². The van der Waals surface area contributed by atoms with Gasteiger partial charge in [0.05, 0.1) is 16.0 Å². The van der Waals surface area contributed by atoms with Crippen molar-refractivity contribution in [1.29, 1.82) is 0 Å². The number of aromatic nitrogens is 3. The lowest BCUT2D eigenvalue weighted by Gasteiger charge is -2.08. The molecule has 0 radical (unpaired) electrons. The highest BCUT2D eigenvalue weighted by molar-refractivity contribution is 7.20. The lowest BCUT2D eigenvalue weighted by molar-refractivity contribution is 0.911. The number of aromatic amines is 1. The van der Waals surface area contributed by atoms with E-state index in [9.17, 15) is 0 Å². The Morgan fingerprint density at radius 2 is 2.26 bits per heavy atom. The predicted molar refractivity (Wildman–Crippen MR) is 77.4 cm³/mol. The number of hydrogen-bond donors (Lipinski definition) is 1. The SMILES string of the molecule is Clc1cccc2sc(C3=NCCc4[nH]cnc43)nc12. The zero-order valence-electron chi connectivity index (χ0n) is 9.85. The molecule has 0 saturated carbocycles. The van der Waals surface area contributed by atoms with E-state index in [1.165, 1.54) is 0 Å². The molecule has 0 unspecified atom stereocenters. The van der Waals surface area contributed by atoms with Crippen molar-refractivity contribution in [1.82, 2.24) is 15.0 Å². The molecule has 1 aliphatic heterocycles. The molecule has 1 aromatic carbocycles. The third kappa shape index (κ3) is 1.69. The zero-order chi connectivity index (χ0) is 12.8. The third-order valence-corrected chi connectivity index (χ3v) is 4.48. The molecule has 0 atom stereocenters. The second-order valence-corrected chi connectivity index (χ2v) is 5.75. The third-order valence-electron chi connectivity index (χ3n) is 3.15. The molecule has 6 heteroatoms. The van der Waals surface area contributed by atoms with E-state index in [0.717, 1.165) is 45.3 Å². The van der Waals surface area contributed by atoms with Crippen LogP contribution in [0, 0.1) is 0 Å². The average molecular weight is 289 g/mol. The van der Waals surface area contributed by atoms with Crippen molar-refractivity contribution in [2.24, 2.45) is 4.99 Å². The summed E-state index contributed by atoms with van der Waals surface area (Å²) in [6.07, 6.45) is 2.62. The first-order valence-corrected chi connectivity index (χ1v) is 7.15. The summed E-state index contributed by atoms with van der Waals surface area (Å²) in [7, 11) is 0. The largest absolute Gasteiger partial charge is 0.348 e. The number of H-pyrrole nitrogens is 1. The van der Waals surface area contributed by atoms with Gasteiger partial charge in [0.1, 0.15) is 21.9 Å². The van der Waals surface area contributed by atoms with Crippen LogP contribution < -0.4 is 0 Å². The van der Waals surface area contributed by atoms with E-state index in [0.29, 0.717) is 5.02 Å². The number of hydrogen-bond acceptors (Lipinski definition) is 4. The maximum absolute atomic E-state index is 6.17. The van der Waals surface area contributed by atoms with Gasteiger partial charge in [-0.3, -0.25) is 4.99 Å². The molecule has 3 aromatic rings. The second kappa shape index (κ2) is 4.15. The molecular weight excluding hydrogens is 280 g/mol. The minimum absolute atomic E-state index is 0.679. The highest BCUT2D eigenvalue weighted by Crippen LogP contribution is 2.30. The van der Waals surface area contributed by atoms with Gasteiger partial charge in [-0.15, -0.1) is 11.3 Å². The number of halogens is 1. The van der Waals surface area contributed by atoms with Crippen LogP contribution in [0.25, 0.3) is 10.2 Å². The lowest BCUT2D eigenvalue weighted by Crippen LogP contribution is -2.13. The number of rotatable bonds is 1. The summed E-state index contributed by atoms with van der Waals surface area (Å²) < 4.78 is 1.08. The van der Waals surface area contributed by atoms with Crippen LogP contribution in [-0.2, 0) is 6.42 Å². The molecule has 94 valence electrons. The molecule has 0 amide bonds. The summed E-state index contributed by atoms with van der Waals surface area (Å²) >= 11 is 7.78. The van der Waals surface area contributed by atoms with Gasteiger partial charge in [-0.05, 0) is 12.1 Å². The Bertz CT molecular complexity index is 802. The first-order valence-electron chi connectivity index (χ1n) is 5.95. The Kier molecular flexibility index (Phi) is 2.43. The molecule has 19 heavy (non-hydrogen) atoms. The number of para-hydroxylation sites is 1. The van der Waals surface area contributed by atoms with E-state index < -0.39 is 0 Å². The van der Waals surface area contributed by atoms with Gasteiger partial charge in [0.15, 0.2) is 0 Å². The Morgan fingerprint density at radius 3 is 3.16 bits per heavy atom. The quantitative estimate of drug-likeness (QED) is 0.748. The first kappa shape index (κ1) is 11.1. The summed E-state index contributed by atoms with van der Waals surface area (Å²) in [6.45, 7) is 0.772. The molecule has 1 aliphatic rings. The molecule has 0 bridgehead atoms. The molecule has 0 spiro atoms. The van der Waals surface area contributed by atoms with Gasteiger partial charge in [0.25, 0.3) is 0 Å². The van der Waals surface area contributed by atoms with E-state index in [-0.39, 0.29) is 0 Å². The van der Waals surface area contributed by atoms with Gasteiger partial charge in [-0.25, -0.2) is 9.97 Å². The highest BCUT2D eigenvalue weighted by atomic mass is 35.5. The highest BCUT2D eigenvalue weighted by Gasteiger charge is 2.21. The zero-order valence-corrected chi connectivity index (χ0v) is 11.4. The normalized spacial score (nSPS) is 14.5. The summed E-state index contributed by atoms with van der Waals surface area (Å²) in [4.78, 5) is 16.7. The van der Waals surface area contributed by atoms with Crippen molar-refractivity contribution in [3.05, 3.63) is 45.9 Å². The Morgan fingerprint density at radius 1 is 1.32 bits per heavy atom. The van der Waals surface area contributed by atoms with Crippen molar-refractivity contribution in [2.75, 3.05) is 6.54 Å².